The van der Waals surface area contributed by atoms with Crippen LogP contribution in [0, 0.1) is 13.8 Å². The highest BCUT2D eigenvalue weighted by molar-refractivity contribution is 7.99. The molecule has 18 heavy (non-hydrogen) atoms. The number of aliphatic hydroxyl groups is 1. The van der Waals surface area contributed by atoms with Crippen molar-refractivity contribution < 1.29 is 5.11 Å². The number of nitrogens with one attached hydrogen (secondary N) is 1. The smallest absolute Gasteiger partial charge is 0.0585 e. The molecule has 2 nitrogen and oxygen atoms in total. The lowest BCUT2D eigenvalue weighted by molar-refractivity contribution is 0.232. The molecule has 0 aliphatic carbocycles. The van der Waals surface area contributed by atoms with Crippen LogP contribution in [0.15, 0.2) is 23.1 Å². The third kappa shape index (κ3) is 5.42. The Hall–Kier alpha value is -0.510. The Bertz CT molecular complexity index is 366. The van der Waals surface area contributed by atoms with Crippen molar-refractivity contribution in [1.29, 1.82) is 0 Å². The van der Waals surface area contributed by atoms with E-state index in [0.717, 1.165) is 12.2 Å². The molecule has 1 aromatic rings. The maximum Gasteiger partial charge on any atom is 0.0585 e. The molecule has 2 N–H and O–H groups in total. The van der Waals surface area contributed by atoms with E-state index in [1.54, 1.807) is 0 Å². The van der Waals surface area contributed by atoms with E-state index in [9.17, 15) is 5.11 Å². The lowest BCUT2D eigenvalue weighted by Gasteiger charge is -2.19. The summed E-state index contributed by atoms with van der Waals surface area (Å²) in [6, 6.07) is 7.20. The van der Waals surface area contributed by atoms with E-state index in [4.69, 9.17) is 0 Å². The van der Waals surface area contributed by atoms with Crippen molar-refractivity contribution in [2.24, 2.45) is 0 Å². The van der Waals surface area contributed by atoms with Crippen molar-refractivity contribution in [3.05, 3.63) is 29.3 Å². The van der Waals surface area contributed by atoms with Gasteiger partial charge in [-0.25, -0.2) is 0 Å². The number of thioether (sulfide) groups is 1. The second-order valence-electron chi connectivity index (χ2n) is 5.11. The van der Waals surface area contributed by atoms with Crippen LogP contribution < -0.4 is 5.32 Å². The Morgan fingerprint density at radius 2 is 2.00 bits per heavy atom. The summed E-state index contributed by atoms with van der Waals surface area (Å²) in [5.74, 6) is 1.04. The van der Waals surface area contributed by atoms with E-state index >= 15 is 0 Å². The first-order valence-electron chi connectivity index (χ1n) is 6.60. The summed E-state index contributed by atoms with van der Waals surface area (Å²) >= 11 is 1.88. The first kappa shape index (κ1) is 15.5. The van der Waals surface area contributed by atoms with Crippen LogP contribution in [0.1, 0.15) is 31.4 Å². The standard InChI is InChI=1S/C15H25NOS/c1-11(2)16-14(10-17)7-8-18-15-9-12(3)5-6-13(15)4/h5-6,9,11,14,16-17H,7-8,10H2,1-4H3. The zero-order chi connectivity index (χ0) is 13.5. The van der Waals surface area contributed by atoms with Gasteiger partial charge in [0.2, 0.25) is 0 Å². The highest BCUT2D eigenvalue weighted by Crippen LogP contribution is 2.24. The predicted molar refractivity (Wildman–Crippen MR) is 80.4 cm³/mol. The third-order valence-electron chi connectivity index (χ3n) is 2.86. The predicted octanol–water partition coefficient (Wildman–Crippen LogP) is 3.14. The van der Waals surface area contributed by atoms with Crippen molar-refractivity contribution in [2.45, 2.75) is 51.1 Å². The molecule has 0 fully saturated rings. The number of benzene rings is 1. The molecule has 3 heteroatoms. The Balaban J connectivity index is 2.42. The van der Waals surface area contributed by atoms with Gasteiger partial charge in [0, 0.05) is 17.0 Å². The highest BCUT2D eigenvalue weighted by atomic mass is 32.2. The maximum absolute atomic E-state index is 9.30. The summed E-state index contributed by atoms with van der Waals surface area (Å²) < 4.78 is 0. The molecule has 0 aliphatic rings. The fraction of sp³-hybridized carbons (Fsp3) is 0.600. The Kier molecular flexibility index (Phi) is 6.76. The molecule has 0 bridgehead atoms. The van der Waals surface area contributed by atoms with Gasteiger partial charge < -0.3 is 10.4 Å². The van der Waals surface area contributed by atoms with Crippen LogP contribution in [0.5, 0.6) is 0 Å². The first-order chi connectivity index (χ1) is 8.52. The molecule has 0 heterocycles. The van der Waals surface area contributed by atoms with Gasteiger partial charge in [-0.15, -0.1) is 11.8 Å². The van der Waals surface area contributed by atoms with Crippen molar-refractivity contribution >= 4 is 11.8 Å². The van der Waals surface area contributed by atoms with Crippen LogP contribution in [0.4, 0.5) is 0 Å². The number of rotatable bonds is 7. The minimum Gasteiger partial charge on any atom is -0.395 e. The van der Waals surface area contributed by atoms with Crippen LogP contribution >= 0.6 is 11.8 Å². The first-order valence-corrected chi connectivity index (χ1v) is 7.58. The second-order valence-corrected chi connectivity index (χ2v) is 6.24. The van der Waals surface area contributed by atoms with E-state index in [1.165, 1.54) is 16.0 Å². The molecule has 1 aromatic carbocycles. The minimum absolute atomic E-state index is 0.211. The van der Waals surface area contributed by atoms with Gasteiger partial charge in [-0.1, -0.05) is 31.5 Å². The summed E-state index contributed by atoms with van der Waals surface area (Å²) in [7, 11) is 0. The average molecular weight is 267 g/mol. The normalized spacial score (nSPS) is 13.0. The second kappa shape index (κ2) is 7.82. The van der Waals surface area contributed by atoms with Crippen molar-refractivity contribution in [3.63, 3.8) is 0 Å². The molecule has 0 spiro atoms. The molecular weight excluding hydrogens is 242 g/mol. The number of aliphatic hydroxyl groups excluding tert-OH is 1. The molecule has 102 valence electrons. The SMILES string of the molecule is Cc1ccc(C)c(SCCC(CO)NC(C)C)c1. The van der Waals surface area contributed by atoms with Gasteiger partial charge >= 0.3 is 0 Å². The zero-order valence-electron chi connectivity index (χ0n) is 11.9. The lowest BCUT2D eigenvalue weighted by atomic mass is 10.2. The molecular formula is C15H25NOS. The minimum atomic E-state index is 0.211. The van der Waals surface area contributed by atoms with Crippen LogP contribution in [0.3, 0.4) is 0 Å². The van der Waals surface area contributed by atoms with Crippen LogP contribution in [0.25, 0.3) is 0 Å². The average Bonchev–Trinajstić information content (AvgIpc) is 2.31. The maximum atomic E-state index is 9.30. The fourth-order valence-corrected chi connectivity index (χ4v) is 3.06. The summed E-state index contributed by atoms with van der Waals surface area (Å²) in [5, 5.41) is 12.7. The molecule has 0 aromatic heterocycles. The Labute approximate surface area is 115 Å². The molecule has 0 aliphatic heterocycles. The molecule has 0 radical (unpaired) electrons. The van der Waals surface area contributed by atoms with Crippen LogP contribution in [-0.2, 0) is 0 Å². The summed E-state index contributed by atoms with van der Waals surface area (Å²) in [5.41, 5.74) is 2.64. The Morgan fingerprint density at radius 3 is 2.61 bits per heavy atom. The number of hydrogen-bond donors (Lipinski definition) is 2. The topological polar surface area (TPSA) is 32.3 Å². The van der Waals surface area contributed by atoms with Gasteiger partial charge in [-0.3, -0.25) is 0 Å². The number of aryl methyl sites for hydroxylation is 2. The van der Waals surface area contributed by atoms with E-state index in [0.29, 0.717) is 6.04 Å². The third-order valence-corrected chi connectivity index (χ3v) is 4.05. The van der Waals surface area contributed by atoms with Gasteiger partial charge in [0.1, 0.15) is 0 Å². The van der Waals surface area contributed by atoms with Crippen molar-refractivity contribution in [3.8, 4) is 0 Å². The van der Waals surface area contributed by atoms with Gasteiger partial charge in [0.25, 0.3) is 0 Å². The van der Waals surface area contributed by atoms with Gasteiger partial charge in [-0.05, 0) is 37.7 Å². The lowest BCUT2D eigenvalue weighted by Crippen LogP contribution is -2.37. The fourth-order valence-electron chi connectivity index (χ4n) is 1.87. The zero-order valence-corrected chi connectivity index (χ0v) is 12.7. The van der Waals surface area contributed by atoms with Gasteiger partial charge in [0.15, 0.2) is 0 Å². The van der Waals surface area contributed by atoms with Crippen LogP contribution in [-0.4, -0.2) is 29.5 Å². The van der Waals surface area contributed by atoms with E-state index < -0.39 is 0 Å². The Morgan fingerprint density at radius 1 is 1.28 bits per heavy atom. The number of hydrogen-bond acceptors (Lipinski definition) is 3. The largest absolute Gasteiger partial charge is 0.395 e. The molecule has 0 amide bonds. The quantitative estimate of drug-likeness (QED) is 0.744. The molecule has 1 rings (SSSR count). The van der Waals surface area contributed by atoms with Gasteiger partial charge in [-0.2, -0.15) is 0 Å². The monoisotopic (exact) mass is 267 g/mol. The summed E-state index contributed by atoms with van der Waals surface area (Å²) in [4.78, 5) is 1.36. The van der Waals surface area contributed by atoms with E-state index in [1.807, 2.05) is 11.8 Å². The van der Waals surface area contributed by atoms with E-state index in [-0.39, 0.29) is 12.6 Å². The van der Waals surface area contributed by atoms with Gasteiger partial charge in [0.05, 0.1) is 6.61 Å². The summed E-state index contributed by atoms with van der Waals surface area (Å²) in [6.07, 6.45) is 0.993. The van der Waals surface area contributed by atoms with Crippen molar-refractivity contribution in [2.75, 3.05) is 12.4 Å². The highest BCUT2D eigenvalue weighted by Gasteiger charge is 2.09. The molecule has 0 saturated carbocycles. The molecule has 1 atom stereocenters. The van der Waals surface area contributed by atoms with Crippen LogP contribution in [0.2, 0.25) is 0 Å². The molecule has 0 saturated heterocycles. The van der Waals surface area contributed by atoms with E-state index in [2.05, 4.69) is 51.2 Å². The van der Waals surface area contributed by atoms with Crippen molar-refractivity contribution in [1.82, 2.24) is 5.32 Å². The summed E-state index contributed by atoms with van der Waals surface area (Å²) in [6.45, 7) is 8.71. The molecule has 1 unspecified atom stereocenters.